The largest absolute Gasteiger partial charge is 0.432 e. The highest BCUT2D eigenvalue weighted by atomic mass is 35.5. The van der Waals surface area contributed by atoms with Crippen LogP contribution in [0.4, 0.5) is 0 Å². The summed E-state index contributed by atoms with van der Waals surface area (Å²) in [5.41, 5.74) is 3.49. The first-order valence-electron chi connectivity index (χ1n) is 9.91. The van der Waals surface area contributed by atoms with Gasteiger partial charge in [0.1, 0.15) is 23.9 Å². The Kier molecular flexibility index (Phi) is 5.50. The van der Waals surface area contributed by atoms with Crippen LogP contribution in [0.5, 0.6) is 0 Å². The molecule has 0 unspecified atom stereocenters. The van der Waals surface area contributed by atoms with E-state index in [9.17, 15) is 4.79 Å². The van der Waals surface area contributed by atoms with E-state index in [1.807, 2.05) is 59.3 Å². The van der Waals surface area contributed by atoms with E-state index < -0.39 is 0 Å². The molecule has 0 atom stereocenters. The minimum absolute atomic E-state index is 0.0844. The summed E-state index contributed by atoms with van der Waals surface area (Å²) in [6.07, 6.45) is 8.45. The van der Waals surface area contributed by atoms with Gasteiger partial charge < -0.3 is 8.83 Å². The standard InChI is InChI=1S/C13H9ClN2O2.C11H7ClN2O/c1-8(17)12-11(9-4-2-3-5-10(9)14)15-13-16(12)6-7-18-13;12-9-4-2-1-3-8(9)10-7-14-5-6-15-11(14)13-10/h2-7H,1H3;1-7H. The maximum Gasteiger partial charge on any atom is 0.306 e. The highest BCUT2D eigenvalue weighted by molar-refractivity contribution is 6.33. The molecule has 0 amide bonds. The number of oxazole rings is 2. The summed E-state index contributed by atoms with van der Waals surface area (Å²) in [5, 5.41) is 1.25. The lowest BCUT2D eigenvalue weighted by Crippen LogP contribution is -1.99. The van der Waals surface area contributed by atoms with E-state index in [0.717, 1.165) is 16.8 Å². The molecule has 0 radical (unpaired) electrons. The lowest BCUT2D eigenvalue weighted by Gasteiger charge is -2.02. The first-order chi connectivity index (χ1) is 16.0. The van der Waals surface area contributed by atoms with E-state index in [0.29, 0.717) is 33.1 Å². The Morgan fingerprint density at radius 3 is 2.15 bits per heavy atom. The summed E-state index contributed by atoms with van der Waals surface area (Å²) in [7, 11) is 0. The molecule has 2 aromatic carbocycles. The molecular formula is C24H16Cl2N4O3. The topological polar surface area (TPSA) is 78.0 Å². The fourth-order valence-corrected chi connectivity index (χ4v) is 3.95. The second-order valence-electron chi connectivity index (χ2n) is 7.10. The molecule has 0 N–H and O–H groups in total. The van der Waals surface area contributed by atoms with E-state index in [2.05, 4.69) is 9.97 Å². The molecule has 0 fully saturated rings. The highest BCUT2D eigenvalue weighted by Gasteiger charge is 2.20. The lowest BCUT2D eigenvalue weighted by atomic mass is 10.1. The van der Waals surface area contributed by atoms with Crippen LogP contribution in [0.15, 0.2) is 88.5 Å². The molecule has 7 nitrogen and oxygen atoms in total. The maximum absolute atomic E-state index is 11.8. The summed E-state index contributed by atoms with van der Waals surface area (Å²) in [4.78, 5) is 20.4. The van der Waals surface area contributed by atoms with Gasteiger partial charge in [0.2, 0.25) is 0 Å². The molecule has 0 bridgehead atoms. The summed E-state index contributed by atoms with van der Waals surface area (Å²) in [5.74, 6) is 0.874. The Morgan fingerprint density at radius 1 is 0.848 bits per heavy atom. The molecule has 0 aliphatic carbocycles. The zero-order valence-corrected chi connectivity index (χ0v) is 18.8. The maximum atomic E-state index is 11.8. The van der Waals surface area contributed by atoms with Crippen LogP contribution in [0.2, 0.25) is 10.0 Å². The Hall–Kier alpha value is -3.81. The number of halogens is 2. The number of hydrogen-bond acceptors (Lipinski definition) is 5. The molecule has 0 saturated carbocycles. The van der Waals surface area contributed by atoms with Crippen LogP contribution in [-0.4, -0.2) is 24.6 Å². The summed E-state index contributed by atoms with van der Waals surface area (Å²) in [6.45, 7) is 1.50. The predicted octanol–water partition coefficient (Wildman–Crippen LogP) is 6.70. The van der Waals surface area contributed by atoms with Crippen LogP contribution in [0.25, 0.3) is 34.2 Å². The van der Waals surface area contributed by atoms with Gasteiger partial charge in [-0.25, -0.2) is 0 Å². The fraction of sp³-hybridized carbons (Fsp3) is 0.0417. The van der Waals surface area contributed by atoms with Crippen molar-refractivity contribution in [2.75, 3.05) is 0 Å². The summed E-state index contributed by atoms with van der Waals surface area (Å²) in [6, 6.07) is 14.9. The van der Waals surface area contributed by atoms with Crippen LogP contribution in [-0.2, 0) is 0 Å². The first kappa shape index (κ1) is 21.1. The van der Waals surface area contributed by atoms with Crippen LogP contribution >= 0.6 is 23.2 Å². The van der Waals surface area contributed by atoms with Gasteiger partial charge in [-0.2, -0.15) is 9.97 Å². The quantitative estimate of drug-likeness (QED) is 0.264. The number of carbonyl (C=O) groups excluding carboxylic acids is 1. The van der Waals surface area contributed by atoms with Gasteiger partial charge in [0.05, 0.1) is 15.7 Å². The molecule has 33 heavy (non-hydrogen) atoms. The zero-order valence-electron chi connectivity index (χ0n) is 17.3. The third-order valence-corrected chi connectivity index (χ3v) is 5.63. The minimum Gasteiger partial charge on any atom is -0.432 e. The summed E-state index contributed by atoms with van der Waals surface area (Å²) < 4.78 is 13.8. The van der Waals surface area contributed by atoms with Gasteiger partial charge in [-0.05, 0) is 12.1 Å². The average molecular weight is 479 g/mol. The van der Waals surface area contributed by atoms with E-state index in [1.54, 1.807) is 22.9 Å². The van der Waals surface area contributed by atoms with E-state index in [-0.39, 0.29) is 5.78 Å². The highest BCUT2D eigenvalue weighted by Crippen LogP contribution is 2.31. The number of imidazole rings is 2. The SMILES string of the molecule is CC(=O)c1c(-c2ccccc2Cl)nc2occn12.Clc1ccccc1-c1cn2ccoc2n1. The number of nitrogens with zero attached hydrogens (tertiary/aromatic N) is 4. The molecule has 4 aromatic heterocycles. The third-order valence-electron chi connectivity index (χ3n) is 4.97. The number of carbonyl (C=O) groups is 1. The molecule has 4 heterocycles. The second-order valence-corrected chi connectivity index (χ2v) is 7.91. The van der Waals surface area contributed by atoms with Gasteiger partial charge in [0.25, 0.3) is 0 Å². The van der Waals surface area contributed by atoms with Crippen molar-refractivity contribution in [3.05, 3.63) is 95.4 Å². The number of fused-ring (bicyclic) bond motifs is 2. The lowest BCUT2D eigenvalue weighted by molar-refractivity contribution is 0.101. The van der Waals surface area contributed by atoms with Crippen molar-refractivity contribution < 1.29 is 13.6 Å². The van der Waals surface area contributed by atoms with E-state index in [1.165, 1.54) is 13.2 Å². The first-order valence-corrected chi connectivity index (χ1v) is 10.7. The Morgan fingerprint density at radius 2 is 1.48 bits per heavy atom. The molecule has 6 aromatic rings. The second kappa shape index (κ2) is 8.61. The van der Waals surface area contributed by atoms with E-state index >= 15 is 0 Å². The molecule has 0 saturated heterocycles. The Labute approximate surface area is 197 Å². The van der Waals surface area contributed by atoms with Gasteiger partial charge in [0.15, 0.2) is 5.78 Å². The molecule has 164 valence electrons. The minimum atomic E-state index is -0.0844. The van der Waals surface area contributed by atoms with Gasteiger partial charge >= 0.3 is 11.7 Å². The number of Topliss-reactive ketones (excluding diaryl/α,β-unsaturated/α-hetero) is 1. The van der Waals surface area contributed by atoms with E-state index in [4.69, 9.17) is 32.0 Å². The van der Waals surface area contributed by atoms with Crippen LogP contribution in [0.3, 0.4) is 0 Å². The number of ketones is 1. The molecule has 6 rings (SSSR count). The van der Waals surface area contributed by atoms with Crippen LogP contribution in [0, 0.1) is 0 Å². The van der Waals surface area contributed by atoms with Crippen molar-refractivity contribution in [2.24, 2.45) is 0 Å². The van der Waals surface area contributed by atoms with Gasteiger partial charge in [0, 0.05) is 36.6 Å². The Bertz CT molecular complexity index is 1560. The van der Waals surface area contributed by atoms with Gasteiger partial charge in [-0.1, -0.05) is 59.6 Å². The predicted molar refractivity (Wildman–Crippen MR) is 126 cm³/mol. The van der Waals surface area contributed by atoms with Gasteiger partial charge in [-0.3, -0.25) is 13.6 Å². The zero-order chi connectivity index (χ0) is 22.9. The van der Waals surface area contributed by atoms with Crippen molar-refractivity contribution in [2.45, 2.75) is 6.92 Å². The molecular weight excluding hydrogens is 463 g/mol. The van der Waals surface area contributed by atoms with Gasteiger partial charge in [-0.15, -0.1) is 0 Å². The number of aromatic nitrogens is 4. The number of rotatable bonds is 3. The molecule has 0 spiro atoms. The molecule has 9 heteroatoms. The summed E-state index contributed by atoms with van der Waals surface area (Å²) >= 11 is 12.2. The molecule has 0 aliphatic rings. The van der Waals surface area contributed by atoms with Crippen molar-refractivity contribution in [3.8, 4) is 22.5 Å². The average Bonchev–Trinajstić information content (AvgIpc) is 3.55. The smallest absolute Gasteiger partial charge is 0.306 e. The normalized spacial score (nSPS) is 11.0. The van der Waals surface area contributed by atoms with Crippen LogP contribution in [0.1, 0.15) is 17.4 Å². The number of benzene rings is 2. The van der Waals surface area contributed by atoms with Crippen molar-refractivity contribution in [1.82, 2.24) is 18.8 Å². The van der Waals surface area contributed by atoms with Crippen molar-refractivity contribution in [1.29, 1.82) is 0 Å². The van der Waals surface area contributed by atoms with Crippen LogP contribution < -0.4 is 0 Å². The monoisotopic (exact) mass is 478 g/mol. The molecule has 0 aliphatic heterocycles. The van der Waals surface area contributed by atoms with Crippen molar-refractivity contribution >= 4 is 40.7 Å². The Balaban J connectivity index is 0.000000140. The third kappa shape index (κ3) is 3.92. The van der Waals surface area contributed by atoms with Crippen molar-refractivity contribution in [3.63, 3.8) is 0 Å². The fourth-order valence-electron chi connectivity index (χ4n) is 3.49. The number of hydrogen-bond donors (Lipinski definition) is 0.